The molecule has 1 atom stereocenters. The van der Waals surface area contributed by atoms with E-state index in [0.29, 0.717) is 5.56 Å². The van der Waals surface area contributed by atoms with Gasteiger partial charge in [0.15, 0.2) is 6.10 Å². The van der Waals surface area contributed by atoms with Crippen LogP contribution >= 0.6 is 11.6 Å². The Labute approximate surface area is 183 Å². The van der Waals surface area contributed by atoms with Gasteiger partial charge in [-0.3, -0.25) is 4.98 Å². The topological polar surface area (TPSA) is 75.5 Å². The van der Waals surface area contributed by atoms with E-state index in [9.17, 15) is 9.90 Å². The van der Waals surface area contributed by atoms with Gasteiger partial charge in [-0.2, -0.15) is 0 Å². The van der Waals surface area contributed by atoms with Crippen LogP contribution in [0.3, 0.4) is 0 Å². The number of aliphatic carboxylic acids is 1. The first-order valence-electron chi connectivity index (χ1n) is 10.2. The highest BCUT2D eigenvalue weighted by Crippen LogP contribution is 2.44. The van der Waals surface area contributed by atoms with E-state index in [1.807, 2.05) is 39.0 Å². The smallest absolute Gasteiger partial charge is 0.337 e. The molecule has 1 saturated heterocycles. The van der Waals surface area contributed by atoms with Gasteiger partial charge < -0.3 is 14.7 Å². The number of anilines is 1. The predicted molar refractivity (Wildman–Crippen MR) is 119 cm³/mol. The molecule has 0 bridgehead atoms. The molecule has 1 aliphatic rings. The zero-order valence-corrected chi connectivity index (χ0v) is 19.0. The average molecular weight is 432 g/mol. The maximum absolute atomic E-state index is 12.3. The number of halogens is 1. The van der Waals surface area contributed by atoms with Gasteiger partial charge >= 0.3 is 5.97 Å². The Bertz CT molecular complexity index is 900. The van der Waals surface area contributed by atoms with Crippen molar-refractivity contribution in [2.24, 2.45) is 5.41 Å². The molecule has 6 nitrogen and oxygen atoms in total. The molecule has 1 fully saturated rings. The van der Waals surface area contributed by atoms with Gasteiger partial charge in [-0.15, -0.1) is 0 Å². The summed E-state index contributed by atoms with van der Waals surface area (Å²) in [5.74, 6) is -1.09. The van der Waals surface area contributed by atoms with Crippen molar-refractivity contribution in [1.82, 2.24) is 9.97 Å². The maximum atomic E-state index is 12.3. The minimum atomic E-state index is -1.24. The van der Waals surface area contributed by atoms with Crippen molar-refractivity contribution in [1.29, 1.82) is 0 Å². The summed E-state index contributed by atoms with van der Waals surface area (Å²) in [6.07, 6.45) is 4.14. The fourth-order valence-electron chi connectivity index (χ4n) is 3.70. The Morgan fingerprint density at radius 3 is 2.43 bits per heavy atom. The third-order valence-corrected chi connectivity index (χ3v) is 5.67. The van der Waals surface area contributed by atoms with Crippen LogP contribution in [0.5, 0.6) is 0 Å². The van der Waals surface area contributed by atoms with E-state index in [0.717, 1.165) is 42.9 Å². The number of rotatable bonds is 5. The molecule has 162 valence electrons. The number of hydrogen-bond donors (Lipinski definition) is 1. The number of aromatic nitrogens is 2. The van der Waals surface area contributed by atoms with Crippen LogP contribution in [0.15, 0.2) is 30.6 Å². The van der Waals surface area contributed by atoms with E-state index >= 15 is 0 Å². The predicted octanol–water partition coefficient (Wildman–Crippen LogP) is 5.36. The number of ether oxygens (including phenoxy) is 1. The highest BCUT2D eigenvalue weighted by atomic mass is 35.5. The molecule has 3 heterocycles. The molecule has 0 spiro atoms. The largest absolute Gasteiger partial charge is 0.479 e. The third kappa shape index (κ3) is 5.10. The number of piperidine rings is 1. The zero-order chi connectivity index (χ0) is 22.1. The van der Waals surface area contributed by atoms with Crippen LogP contribution in [-0.4, -0.2) is 39.7 Å². The minimum absolute atomic E-state index is 0.145. The van der Waals surface area contributed by atoms with E-state index < -0.39 is 17.7 Å². The lowest BCUT2D eigenvalue weighted by Crippen LogP contribution is -2.39. The van der Waals surface area contributed by atoms with Crippen LogP contribution in [0.25, 0.3) is 11.3 Å². The Morgan fingerprint density at radius 2 is 1.90 bits per heavy atom. The van der Waals surface area contributed by atoms with Gasteiger partial charge in [-0.25, -0.2) is 9.78 Å². The molecule has 0 amide bonds. The summed E-state index contributed by atoms with van der Waals surface area (Å²) in [6, 6.07) is 5.64. The fourth-order valence-corrected chi connectivity index (χ4v) is 3.94. The molecular formula is C23H30ClN3O3. The fraction of sp³-hybridized carbons (Fsp3) is 0.522. The quantitative estimate of drug-likeness (QED) is 0.642. The van der Waals surface area contributed by atoms with Gasteiger partial charge in [0.25, 0.3) is 0 Å². The molecule has 1 N–H and O–H groups in total. The van der Waals surface area contributed by atoms with E-state index in [-0.39, 0.29) is 10.6 Å². The second-order valence-electron chi connectivity index (χ2n) is 9.54. The molecule has 0 radical (unpaired) electrons. The van der Waals surface area contributed by atoms with Gasteiger partial charge in [-0.05, 0) is 51.2 Å². The van der Waals surface area contributed by atoms with Crippen molar-refractivity contribution >= 4 is 23.3 Å². The Kier molecular flexibility index (Phi) is 6.39. The molecule has 2 aromatic heterocycles. The Morgan fingerprint density at radius 1 is 1.23 bits per heavy atom. The van der Waals surface area contributed by atoms with Crippen molar-refractivity contribution in [3.05, 3.63) is 41.3 Å². The Balaban J connectivity index is 2.21. The van der Waals surface area contributed by atoms with Crippen molar-refractivity contribution < 1.29 is 14.6 Å². The summed E-state index contributed by atoms with van der Waals surface area (Å²) in [7, 11) is 0. The molecule has 0 saturated carbocycles. The van der Waals surface area contributed by atoms with Gasteiger partial charge in [0.05, 0.1) is 22.5 Å². The summed E-state index contributed by atoms with van der Waals surface area (Å²) in [6.45, 7) is 11.6. The molecule has 30 heavy (non-hydrogen) atoms. The third-order valence-electron chi connectivity index (χ3n) is 5.37. The normalized spacial score (nSPS) is 17.6. The summed E-state index contributed by atoms with van der Waals surface area (Å²) >= 11 is 6.53. The van der Waals surface area contributed by atoms with Crippen LogP contribution in [0.4, 0.5) is 5.69 Å². The number of carbonyl (C=O) groups is 1. The Hall–Kier alpha value is -2.18. The molecule has 2 aromatic rings. The number of carboxylic acid groups (broad SMARTS) is 1. The van der Waals surface area contributed by atoms with Crippen molar-refractivity contribution in [3.8, 4) is 11.3 Å². The van der Waals surface area contributed by atoms with Gasteiger partial charge in [-0.1, -0.05) is 31.5 Å². The van der Waals surface area contributed by atoms with Crippen LogP contribution in [-0.2, 0) is 9.53 Å². The first-order valence-corrected chi connectivity index (χ1v) is 10.6. The second-order valence-corrected chi connectivity index (χ2v) is 9.90. The number of carboxylic acids is 1. The van der Waals surface area contributed by atoms with Crippen molar-refractivity contribution in [3.63, 3.8) is 0 Å². The van der Waals surface area contributed by atoms with Gasteiger partial charge in [0, 0.05) is 31.0 Å². The van der Waals surface area contributed by atoms with E-state index in [4.69, 9.17) is 16.3 Å². The van der Waals surface area contributed by atoms with Crippen molar-refractivity contribution in [2.75, 3.05) is 18.0 Å². The average Bonchev–Trinajstić information content (AvgIpc) is 2.66. The zero-order valence-electron chi connectivity index (χ0n) is 18.3. The minimum Gasteiger partial charge on any atom is -0.479 e. The summed E-state index contributed by atoms with van der Waals surface area (Å²) < 4.78 is 5.96. The molecule has 3 rings (SSSR count). The number of pyridine rings is 2. The van der Waals surface area contributed by atoms with Crippen LogP contribution in [0, 0.1) is 5.41 Å². The summed E-state index contributed by atoms with van der Waals surface area (Å²) in [5.41, 5.74) is 2.20. The standard InChI is InChI=1S/C23H30ClN3O3/c1-22(2,3)30-19(21(28)29)17-18(27-12-9-23(4,5)10-13-27)15(14-26-20(17)24)16-8-6-7-11-25-16/h6-8,11,14,19H,9-10,12-13H2,1-5H3,(H,28,29). The first-order chi connectivity index (χ1) is 14.0. The molecule has 7 heteroatoms. The van der Waals surface area contributed by atoms with E-state index in [1.165, 1.54) is 0 Å². The van der Waals surface area contributed by atoms with Crippen molar-refractivity contribution in [2.45, 2.75) is 59.2 Å². The van der Waals surface area contributed by atoms with Crippen LogP contribution < -0.4 is 4.90 Å². The van der Waals surface area contributed by atoms with Gasteiger partial charge in [0.1, 0.15) is 5.15 Å². The molecule has 1 aliphatic heterocycles. The lowest BCUT2D eigenvalue weighted by atomic mass is 9.82. The monoisotopic (exact) mass is 431 g/mol. The lowest BCUT2D eigenvalue weighted by molar-refractivity contribution is -0.160. The summed E-state index contributed by atoms with van der Waals surface area (Å²) in [4.78, 5) is 23.3. The van der Waals surface area contributed by atoms with Gasteiger partial charge in [0.2, 0.25) is 0 Å². The van der Waals surface area contributed by atoms with E-state index in [2.05, 4.69) is 28.7 Å². The maximum Gasteiger partial charge on any atom is 0.337 e. The molecule has 1 unspecified atom stereocenters. The summed E-state index contributed by atoms with van der Waals surface area (Å²) in [5, 5.41) is 10.2. The molecule has 0 aliphatic carbocycles. The molecular weight excluding hydrogens is 402 g/mol. The van der Waals surface area contributed by atoms with Crippen LogP contribution in [0.2, 0.25) is 5.15 Å². The highest BCUT2D eigenvalue weighted by molar-refractivity contribution is 6.31. The SMILES string of the molecule is CC1(C)CCN(c2c(-c3ccccn3)cnc(Cl)c2C(OC(C)(C)C)C(=O)O)CC1. The lowest BCUT2D eigenvalue weighted by Gasteiger charge is -2.40. The highest BCUT2D eigenvalue weighted by Gasteiger charge is 2.36. The number of hydrogen-bond acceptors (Lipinski definition) is 5. The van der Waals surface area contributed by atoms with Crippen LogP contribution in [0.1, 0.15) is 59.1 Å². The first kappa shape index (κ1) is 22.5. The molecule has 0 aromatic carbocycles. The second kappa shape index (κ2) is 8.52. The van der Waals surface area contributed by atoms with E-state index in [1.54, 1.807) is 12.4 Å². The number of nitrogens with zero attached hydrogens (tertiary/aromatic N) is 3.